The van der Waals surface area contributed by atoms with Crippen LogP contribution in [0.25, 0.3) is 0 Å². The zero-order valence-electron chi connectivity index (χ0n) is 12.6. The second-order valence-corrected chi connectivity index (χ2v) is 5.63. The maximum Gasteiger partial charge on any atom is 0.341 e. The Labute approximate surface area is 141 Å². The van der Waals surface area contributed by atoms with Gasteiger partial charge in [0.1, 0.15) is 17.1 Å². The molecule has 1 heterocycles. The number of carbonyl (C=O) groups is 2. The van der Waals surface area contributed by atoms with Crippen molar-refractivity contribution in [3.05, 3.63) is 52.3 Å². The van der Waals surface area contributed by atoms with Crippen LogP contribution in [-0.2, 0) is 6.54 Å². The van der Waals surface area contributed by atoms with Crippen molar-refractivity contribution in [2.75, 3.05) is 14.2 Å². The number of benzene rings is 1. The standard InChI is InChI=1S/C16H14BrNO5/c1-22-12-3-4-13(15(6-12)23-2)14(19)9-18-7-10(16(20)21)5-11(17)8-18/h3-8H,9H2,1-2H3/p+1. The van der Waals surface area contributed by atoms with Crippen LogP contribution in [0, 0.1) is 0 Å². The zero-order chi connectivity index (χ0) is 17.0. The molecule has 0 aliphatic heterocycles. The number of aromatic carboxylic acids is 1. The summed E-state index contributed by atoms with van der Waals surface area (Å²) in [6.07, 6.45) is 3.04. The smallest absolute Gasteiger partial charge is 0.341 e. The number of ketones is 1. The summed E-state index contributed by atoms with van der Waals surface area (Å²) in [4.78, 5) is 23.6. The Morgan fingerprint density at radius 2 is 1.91 bits per heavy atom. The molecule has 7 heteroatoms. The highest BCUT2D eigenvalue weighted by molar-refractivity contribution is 9.10. The third-order valence-electron chi connectivity index (χ3n) is 3.17. The summed E-state index contributed by atoms with van der Waals surface area (Å²) in [5.74, 6) is -0.274. The normalized spacial score (nSPS) is 10.2. The molecule has 1 N–H and O–H groups in total. The molecule has 6 nitrogen and oxygen atoms in total. The molecular weight excluding hydrogens is 366 g/mol. The van der Waals surface area contributed by atoms with Crippen LogP contribution < -0.4 is 14.0 Å². The van der Waals surface area contributed by atoms with Crippen molar-refractivity contribution in [2.45, 2.75) is 6.54 Å². The molecule has 2 aromatic rings. The van der Waals surface area contributed by atoms with Crippen LogP contribution in [-0.4, -0.2) is 31.1 Å². The molecule has 2 rings (SSSR count). The molecule has 0 fully saturated rings. The lowest BCUT2D eigenvalue weighted by Gasteiger charge is -2.08. The average Bonchev–Trinajstić information content (AvgIpc) is 2.53. The van der Waals surface area contributed by atoms with Gasteiger partial charge in [0.05, 0.1) is 24.3 Å². The molecule has 120 valence electrons. The number of carboxylic acids is 1. The Balaban J connectivity index is 2.31. The van der Waals surface area contributed by atoms with Gasteiger partial charge in [0.15, 0.2) is 12.4 Å². The number of methoxy groups -OCH3 is 2. The van der Waals surface area contributed by atoms with E-state index in [0.717, 1.165) is 0 Å². The molecular formula is C16H15BrNO5+. The molecule has 1 aromatic carbocycles. The summed E-state index contributed by atoms with van der Waals surface area (Å²) >= 11 is 3.24. The van der Waals surface area contributed by atoms with Gasteiger partial charge >= 0.3 is 5.97 Å². The fourth-order valence-corrected chi connectivity index (χ4v) is 2.60. The first-order valence-electron chi connectivity index (χ1n) is 6.62. The first kappa shape index (κ1) is 17.0. The quantitative estimate of drug-likeness (QED) is 0.614. The van der Waals surface area contributed by atoms with Crippen molar-refractivity contribution in [1.82, 2.24) is 0 Å². The third-order valence-corrected chi connectivity index (χ3v) is 3.60. The number of halogens is 1. The lowest BCUT2D eigenvalue weighted by atomic mass is 10.1. The number of nitrogens with zero attached hydrogens (tertiary/aromatic N) is 1. The summed E-state index contributed by atoms with van der Waals surface area (Å²) in [6, 6.07) is 6.39. The minimum atomic E-state index is -1.06. The molecule has 0 unspecified atom stereocenters. The van der Waals surface area contributed by atoms with Crippen LogP contribution in [0.2, 0.25) is 0 Å². The van der Waals surface area contributed by atoms with E-state index in [1.165, 1.54) is 31.0 Å². The fraction of sp³-hybridized carbons (Fsp3) is 0.188. The number of rotatable bonds is 6. The van der Waals surface area contributed by atoms with E-state index in [9.17, 15) is 9.59 Å². The molecule has 0 aliphatic carbocycles. The van der Waals surface area contributed by atoms with E-state index in [1.807, 2.05) is 0 Å². The summed E-state index contributed by atoms with van der Waals surface area (Å²) in [7, 11) is 3.00. The molecule has 0 atom stereocenters. The molecule has 23 heavy (non-hydrogen) atoms. The van der Waals surface area contributed by atoms with Crippen molar-refractivity contribution in [2.24, 2.45) is 0 Å². The van der Waals surface area contributed by atoms with Crippen LogP contribution in [0.1, 0.15) is 20.7 Å². The van der Waals surface area contributed by atoms with Gasteiger partial charge < -0.3 is 14.6 Å². The summed E-state index contributed by atoms with van der Waals surface area (Å²) in [6.45, 7) is -0.0115. The number of carboxylic acid groups (broad SMARTS) is 1. The summed E-state index contributed by atoms with van der Waals surface area (Å²) in [5.41, 5.74) is 0.492. The van der Waals surface area contributed by atoms with Gasteiger partial charge in [0.25, 0.3) is 0 Å². The van der Waals surface area contributed by atoms with E-state index in [-0.39, 0.29) is 17.9 Å². The first-order chi connectivity index (χ1) is 10.9. The van der Waals surface area contributed by atoms with Crippen molar-refractivity contribution in [3.8, 4) is 11.5 Å². The van der Waals surface area contributed by atoms with Crippen LogP contribution in [0.3, 0.4) is 0 Å². The SMILES string of the molecule is COc1ccc(C(=O)C[n+]2cc(Br)cc(C(=O)O)c2)c(OC)c1. The predicted octanol–water partition coefficient (Wildman–Crippen LogP) is 2.33. The largest absolute Gasteiger partial charge is 0.497 e. The van der Waals surface area contributed by atoms with E-state index in [4.69, 9.17) is 14.6 Å². The maximum atomic E-state index is 12.5. The van der Waals surface area contributed by atoms with Crippen molar-refractivity contribution in [3.63, 3.8) is 0 Å². The Bertz CT molecular complexity index is 760. The minimum Gasteiger partial charge on any atom is -0.497 e. The predicted molar refractivity (Wildman–Crippen MR) is 85.2 cm³/mol. The van der Waals surface area contributed by atoms with Crippen molar-refractivity contribution in [1.29, 1.82) is 0 Å². The average molecular weight is 381 g/mol. The molecule has 1 aromatic heterocycles. The Morgan fingerprint density at radius 1 is 1.17 bits per heavy atom. The Hall–Kier alpha value is -2.41. The van der Waals surface area contributed by atoms with Gasteiger partial charge in [-0.05, 0) is 34.1 Å². The van der Waals surface area contributed by atoms with Gasteiger partial charge in [-0.25, -0.2) is 4.79 Å². The summed E-state index contributed by atoms with van der Waals surface area (Å²) in [5, 5.41) is 9.07. The summed E-state index contributed by atoms with van der Waals surface area (Å²) < 4.78 is 12.4. The van der Waals surface area contributed by atoms with Gasteiger partial charge in [-0.1, -0.05) is 0 Å². The second kappa shape index (κ2) is 7.23. The van der Waals surface area contributed by atoms with E-state index >= 15 is 0 Å². The topological polar surface area (TPSA) is 76.7 Å². The monoisotopic (exact) mass is 380 g/mol. The molecule has 0 radical (unpaired) electrons. The third kappa shape index (κ3) is 4.07. The fourth-order valence-electron chi connectivity index (χ4n) is 2.09. The van der Waals surface area contributed by atoms with Crippen molar-refractivity contribution >= 4 is 27.7 Å². The Kier molecular flexibility index (Phi) is 5.33. The van der Waals surface area contributed by atoms with Gasteiger partial charge in [-0.2, -0.15) is 4.57 Å². The van der Waals surface area contributed by atoms with Gasteiger partial charge in [-0.15, -0.1) is 0 Å². The number of aromatic nitrogens is 1. The molecule has 0 spiro atoms. The first-order valence-corrected chi connectivity index (χ1v) is 7.42. The van der Waals surface area contributed by atoms with E-state index in [1.54, 1.807) is 24.4 Å². The number of pyridine rings is 1. The molecule has 0 amide bonds. The number of carbonyl (C=O) groups excluding carboxylic acids is 1. The highest BCUT2D eigenvalue weighted by atomic mass is 79.9. The second-order valence-electron chi connectivity index (χ2n) is 4.71. The lowest BCUT2D eigenvalue weighted by molar-refractivity contribution is -0.683. The molecule has 0 saturated heterocycles. The molecule has 0 saturated carbocycles. The van der Waals surface area contributed by atoms with Crippen LogP contribution in [0.15, 0.2) is 41.1 Å². The highest BCUT2D eigenvalue weighted by Crippen LogP contribution is 2.25. The van der Waals surface area contributed by atoms with Crippen molar-refractivity contribution < 1.29 is 28.7 Å². The zero-order valence-corrected chi connectivity index (χ0v) is 14.2. The Morgan fingerprint density at radius 3 is 2.52 bits per heavy atom. The maximum absolute atomic E-state index is 12.5. The minimum absolute atomic E-state index is 0.0115. The van der Waals surface area contributed by atoms with E-state index in [2.05, 4.69) is 15.9 Å². The highest BCUT2D eigenvalue weighted by Gasteiger charge is 2.19. The van der Waals surface area contributed by atoms with Gasteiger partial charge in [0.2, 0.25) is 12.3 Å². The molecule has 0 bridgehead atoms. The van der Waals surface area contributed by atoms with Crippen LogP contribution in [0.5, 0.6) is 11.5 Å². The number of hydrogen-bond donors (Lipinski definition) is 1. The number of hydrogen-bond acceptors (Lipinski definition) is 4. The van der Waals surface area contributed by atoms with Gasteiger partial charge in [0, 0.05) is 6.07 Å². The molecule has 0 aliphatic rings. The number of Topliss-reactive ketones (excluding diaryl/α,β-unsaturated/α-hetero) is 1. The number of ether oxygens (including phenoxy) is 2. The van der Waals surface area contributed by atoms with E-state index in [0.29, 0.717) is 21.5 Å². The van der Waals surface area contributed by atoms with E-state index < -0.39 is 5.97 Å². The van der Waals surface area contributed by atoms with Gasteiger partial charge in [-0.3, -0.25) is 4.79 Å². The van der Waals surface area contributed by atoms with Crippen LogP contribution in [0.4, 0.5) is 0 Å². The lowest BCUT2D eigenvalue weighted by Crippen LogP contribution is -2.38. The van der Waals surface area contributed by atoms with Crippen LogP contribution >= 0.6 is 15.9 Å².